The van der Waals surface area contributed by atoms with Crippen LogP contribution in [0.4, 0.5) is 0 Å². The summed E-state index contributed by atoms with van der Waals surface area (Å²) in [5.74, 6) is 1.14. The number of fused-ring (bicyclic) bond motifs is 2. The molecule has 25 heavy (non-hydrogen) atoms. The molecule has 6 nitrogen and oxygen atoms in total. The topological polar surface area (TPSA) is 53.1 Å². The van der Waals surface area contributed by atoms with Crippen LogP contribution in [-0.2, 0) is 14.3 Å². The van der Waals surface area contributed by atoms with Gasteiger partial charge in [-0.2, -0.15) is 0 Å². The summed E-state index contributed by atoms with van der Waals surface area (Å²) < 4.78 is 5.21. The van der Waals surface area contributed by atoms with E-state index in [1.807, 2.05) is 18.7 Å². The van der Waals surface area contributed by atoms with Crippen LogP contribution in [0.1, 0.15) is 33.6 Å². The average Bonchev–Trinajstić information content (AvgIpc) is 3.12. The van der Waals surface area contributed by atoms with E-state index in [9.17, 15) is 9.59 Å². The lowest BCUT2D eigenvalue weighted by Gasteiger charge is -2.48. The molecule has 0 aliphatic carbocycles. The van der Waals surface area contributed by atoms with E-state index in [0.717, 1.165) is 58.7 Å². The molecule has 1 spiro atoms. The molecule has 3 aliphatic rings. The first-order valence-electron chi connectivity index (χ1n) is 9.76. The smallest absolute Gasteiger partial charge is 0.227 e. The Kier molecular flexibility index (Phi) is 5.40. The predicted molar refractivity (Wildman–Crippen MR) is 96.1 cm³/mol. The van der Waals surface area contributed by atoms with Gasteiger partial charge in [0, 0.05) is 58.2 Å². The van der Waals surface area contributed by atoms with E-state index < -0.39 is 0 Å². The molecule has 3 aliphatic heterocycles. The third kappa shape index (κ3) is 3.08. The number of rotatable bonds is 5. The van der Waals surface area contributed by atoms with Crippen molar-refractivity contribution in [3.63, 3.8) is 0 Å². The van der Waals surface area contributed by atoms with Gasteiger partial charge in [0.25, 0.3) is 0 Å². The first kappa shape index (κ1) is 18.6. The highest BCUT2D eigenvalue weighted by Gasteiger charge is 2.61. The summed E-state index contributed by atoms with van der Waals surface area (Å²) in [7, 11) is 1.73. The fraction of sp³-hybridized carbons (Fsp3) is 0.895. The molecule has 0 aromatic rings. The molecule has 0 bridgehead atoms. The van der Waals surface area contributed by atoms with Gasteiger partial charge in [-0.05, 0) is 19.8 Å². The minimum absolute atomic E-state index is 0.0466. The number of piperidine rings is 1. The Bertz CT molecular complexity index is 514. The minimum atomic E-state index is -0.0495. The van der Waals surface area contributed by atoms with Gasteiger partial charge in [0.1, 0.15) is 0 Å². The molecule has 3 rings (SSSR count). The third-order valence-electron chi connectivity index (χ3n) is 6.57. The Morgan fingerprint density at radius 1 is 1.28 bits per heavy atom. The number of amides is 2. The van der Waals surface area contributed by atoms with Gasteiger partial charge < -0.3 is 14.5 Å². The Morgan fingerprint density at radius 3 is 2.52 bits per heavy atom. The van der Waals surface area contributed by atoms with Crippen molar-refractivity contribution in [1.82, 2.24) is 14.7 Å². The fourth-order valence-corrected chi connectivity index (χ4v) is 5.29. The highest BCUT2D eigenvalue weighted by molar-refractivity contribution is 5.84. The van der Waals surface area contributed by atoms with Crippen molar-refractivity contribution >= 4 is 11.8 Å². The zero-order chi connectivity index (χ0) is 18.2. The molecule has 0 N–H and O–H groups in total. The van der Waals surface area contributed by atoms with Crippen molar-refractivity contribution in [2.24, 2.45) is 17.8 Å². The summed E-state index contributed by atoms with van der Waals surface area (Å²) in [4.78, 5) is 31.9. The molecule has 3 fully saturated rings. The molecule has 0 radical (unpaired) electrons. The Labute approximate surface area is 151 Å². The van der Waals surface area contributed by atoms with Gasteiger partial charge in [-0.25, -0.2) is 0 Å². The van der Waals surface area contributed by atoms with Gasteiger partial charge in [-0.15, -0.1) is 0 Å². The Hall–Kier alpha value is -1.14. The van der Waals surface area contributed by atoms with Crippen LogP contribution in [0.3, 0.4) is 0 Å². The Morgan fingerprint density at radius 2 is 1.96 bits per heavy atom. The second-order valence-corrected chi connectivity index (χ2v) is 8.13. The fourth-order valence-electron chi connectivity index (χ4n) is 5.29. The van der Waals surface area contributed by atoms with Crippen LogP contribution in [-0.4, -0.2) is 85.0 Å². The molecular weight excluding hydrogens is 318 g/mol. The number of hydrogen-bond acceptors (Lipinski definition) is 4. The molecule has 3 heterocycles. The van der Waals surface area contributed by atoms with Crippen LogP contribution in [0.25, 0.3) is 0 Å². The molecule has 2 amide bonds. The van der Waals surface area contributed by atoms with E-state index in [1.54, 1.807) is 7.11 Å². The lowest BCUT2D eigenvalue weighted by atomic mass is 9.74. The van der Waals surface area contributed by atoms with Crippen molar-refractivity contribution < 1.29 is 14.3 Å². The summed E-state index contributed by atoms with van der Waals surface area (Å²) in [6.07, 6.45) is 1.84. The molecule has 3 saturated heterocycles. The molecule has 0 aromatic carbocycles. The third-order valence-corrected chi connectivity index (χ3v) is 6.57. The van der Waals surface area contributed by atoms with Crippen molar-refractivity contribution in [3.8, 4) is 0 Å². The summed E-state index contributed by atoms with van der Waals surface area (Å²) in [5, 5.41) is 0. The maximum atomic E-state index is 13.0. The van der Waals surface area contributed by atoms with Crippen LogP contribution >= 0.6 is 0 Å². The summed E-state index contributed by atoms with van der Waals surface area (Å²) in [5.41, 5.74) is -0.0495. The lowest BCUT2D eigenvalue weighted by molar-refractivity contribution is -0.140. The SMILES string of the molecule is CCN1C(=O)[C@H]2CN(CCOC)C[C@H]2C12CCN(C(=O)C(C)C)CC2. The van der Waals surface area contributed by atoms with E-state index in [-0.39, 0.29) is 23.3 Å². The molecule has 0 aromatic heterocycles. The largest absolute Gasteiger partial charge is 0.383 e. The van der Waals surface area contributed by atoms with Gasteiger partial charge in [0.2, 0.25) is 11.8 Å². The van der Waals surface area contributed by atoms with Gasteiger partial charge in [0.15, 0.2) is 0 Å². The van der Waals surface area contributed by atoms with Crippen LogP contribution in [0.2, 0.25) is 0 Å². The van der Waals surface area contributed by atoms with Crippen LogP contribution in [0.15, 0.2) is 0 Å². The van der Waals surface area contributed by atoms with Crippen molar-refractivity contribution in [2.45, 2.75) is 39.2 Å². The van der Waals surface area contributed by atoms with E-state index in [4.69, 9.17) is 4.74 Å². The van der Waals surface area contributed by atoms with Gasteiger partial charge in [0.05, 0.1) is 18.1 Å². The van der Waals surface area contributed by atoms with E-state index in [0.29, 0.717) is 11.8 Å². The summed E-state index contributed by atoms with van der Waals surface area (Å²) >= 11 is 0. The Balaban J connectivity index is 1.75. The first-order chi connectivity index (χ1) is 11.9. The van der Waals surface area contributed by atoms with Crippen molar-refractivity contribution in [2.75, 3.05) is 53.0 Å². The van der Waals surface area contributed by atoms with Gasteiger partial charge in [-0.3, -0.25) is 14.5 Å². The first-order valence-corrected chi connectivity index (χ1v) is 9.76. The molecule has 6 heteroatoms. The monoisotopic (exact) mass is 351 g/mol. The normalized spacial score (nSPS) is 29.1. The molecule has 2 atom stereocenters. The zero-order valence-corrected chi connectivity index (χ0v) is 16.2. The number of carbonyl (C=O) groups is 2. The van der Waals surface area contributed by atoms with Gasteiger partial charge >= 0.3 is 0 Å². The van der Waals surface area contributed by atoms with Crippen molar-refractivity contribution in [3.05, 3.63) is 0 Å². The number of carbonyl (C=O) groups excluding carboxylic acids is 2. The van der Waals surface area contributed by atoms with E-state index >= 15 is 0 Å². The number of nitrogens with zero attached hydrogens (tertiary/aromatic N) is 3. The maximum Gasteiger partial charge on any atom is 0.227 e. The van der Waals surface area contributed by atoms with Crippen molar-refractivity contribution in [1.29, 1.82) is 0 Å². The maximum absolute atomic E-state index is 13.0. The van der Waals surface area contributed by atoms with Crippen LogP contribution in [0, 0.1) is 17.8 Å². The predicted octanol–water partition coefficient (Wildman–Crippen LogP) is 1.06. The summed E-state index contributed by atoms with van der Waals surface area (Å²) in [6.45, 7) is 11.8. The number of ether oxygens (including phenoxy) is 1. The zero-order valence-electron chi connectivity index (χ0n) is 16.2. The standard InChI is InChI=1S/C19H33N3O3/c1-5-22-18(24)15-12-20(10-11-25-4)13-16(15)19(22)6-8-21(9-7-19)17(23)14(2)3/h14-16H,5-13H2,1-4H3/t15-,16+/m0/s1. The number of likely N-dealkylation sites (tertiary alicyclic amines) is 3. The van der Waals surface area contributed by atoms with E-state index in [2.05, 4.69) is 16.7 Å². The second-order valence-electron chi connectivity index (χ2n) is 8.13. The molecule has 0 saturated carbocycles. The lowest BCUT2D eigenvalue weighted by Crippen LogP contribution is -2.58. The average molecular weight is 351 g/mol. The highest BCUT2D eigenvalue weighted by atomic mass is 16.5. The van der Waals surface area contributed by atoms with Crippen LogP contribution in [0.5, 0.6) is 0 Å². The highest BCUT2D eigenvalue weighted by Crippen LogP contribution is 2.49. The van der Waals surface area contributed by atoms with Gasteiger partial charge in [-0.1, -0.05) is 13.8 Å². The molecule has 0 unspecified atom stereocenters. The second kappa shape index (κ2) is 7.23. The number of methoxy groups -OCH3 is 1. The molecular formula is C19H33N3O3. The molecule has 142 valence electrons. The summed E-state index contributed by atoms with van der Waals surface area (Å²) in [6, 6.07) is 0. The quantitative estimate of drug-likeness (QED) is 0.743. The minimum Gasteiger partial charge on any atom is -0.383 e. The van der Waals surface area contributed by atoms with E-state index in [1.165, 1.54) is 0 Å². The van der Waals surface area contributed by atoms with Crippen LogP contribution < -0.4 is 0 Å². The number of hydrogen-bond donors (Lipinski definition) is 0.